The average molecular weight is 425 g/mol. The Labute approximate surface area is 169 Å². The summed E-state index contributed by atoms with van der Waals surface area (Å²) in [4.78, 5) is 26.3. The van der Waals surface area contributed by atoms with Crippen molar-refractivity contribution in [1.29, 1.82) is 0 Å². The molecule has 2 amide bonds. The number of nitrogens with zero attached hydrogens (tertiary/aromatic N) is 2. The van der Waals surface area contributed by atoms with Gasteiger partial charge in [0.25, 0.3) is 0 Å². The Morgan fingerprint density at radius 1 is 1.14 bits per heavy atom. The number of amides is 2. The van der Waals surface area contributed by atoms with Gasteiger partial charge in [-0.05, 0) is 43.5 Å². The summed E-state index contributed by atoms with van der Waals surface area (Å²) in [5.74, 6) is -0.813. The van der Waals surface area contributed by atoms with Crippen LogP contribution in [0.2, 0.25) is 0 Å². The van der Waals surface area contributed by atoms with E-state index in [1.807, 2.05) is 0 Å². The first kappa shape index (κ1) is 20.1. The highest BCUT2D eigenvalue weighted by atomic mass is 32.2. The molecule has 0 spiro atoms. The van der Waals surface area contributed by atoms with E-state index in [9.17, 15) is 22.4 Å². The molecule has 3 aliphatic heterocycles. The van der Waals surface area contributed by atoms with Gasteiger partial charge in [0.05, 0.1) is 23.5 Å². The lowest BCUT2D eigenvalue weighted by Crippen LogP contribution is -2.59. The van der Waals surface area contributed by atoms with Crippen LogP contribution in [0.3, 0.4) is 0 Å². The third-order valence-electron chi connectivity index (χ3n) is 5.98. The van der Waals surface area contributed by atoms with E-state index >= 15 is 0 Å². The third-order valence-corrected chi connectivity index (χ3v) is 7.86. The normalized spacial score (nSPS) is 28.2. The molecular formula is C19H24FN3O5S. The number of ether oxygens (including phenoxy) is 1. The molecule has 3 aliphatic rings. The number of fused-ring (bicyclic) bond motifs is 1. The van der Waals surface area contributed by atoms with Gasteiger partial charge in [0.1, 0.15) is 5.82 Å². The number of benzene rings is 1. The Balaban J connectivity index is 1.43. The van der Waals surface area contributed by atoms with Crippen LogP contribution in [0.1, 0.15) is 19.3 Å². The molecule has 8 nitrogen and oxygen atoms in total. The van der Waals surface area contributed by atoms with Gasteiger partial charge in [-0.25, -0.2) is 17.6 Å². The zero-order valence-corrected chi connectivity index (χ0v) is 16.7. The molecule has 0 unspecified atom stereocenters. The van der Waals surface area contributed by atoms with E-state index in [1.165, 1.54) is 16.4 Å². The maximum Gasteiger partial charge on any atom is 0.407 e. The van der Waals surface area contributed by atoms with E-state index in [2.05, 4.69) is 5.32 Å². The fraction of sp³-hybridized carbons (Fsp3) is 0.579. The van der Waals surface area contributed by atoms with Crippen molar-refractivity contribution in [2.24, 2.45) is 11.8 Å². The van der Waals surface area contributed by atoms with Crippen LogP contribution in [-0.4, -0.2) is 68.5 Å². The zero-order valence-electron chi connectivity index (χ0n) is 15.9. The van der Waals surface area contributed by atoms with Crippen LogP contribution in [0.25, 0.3) is 0 Å². The average Bonchev–Trinajstić information content (AvgIpc) is 2.73. The number of nitrogens with one attached hydrogen (secondary N) is 1. The Morgan fingerprint density at radius 3 is 2.66 bits per heavy atom. The minimum Gasteiger partial charge on any atom is -0.449 e. The minimum atomic E-state index is -3.78. The standard InChI is InChI=1S/C19H24FN3O5S/c20-15-3-5-16(6-4-15)29(26,27)23-8-1-2-13(10-23)18(24)22-9-7-14-12-28-19(25)21-17(14)11-22/h3-6,13-14,17H,1-2,7-12H2,(H,21,25)/t13-,14-,17+/m1/s1. The van der Waals surface area contributed by atoms with Crippen LogP contribution in [0, 0.1) is 17.7 Å². The molecule has 3 heterocycles. The van der Waals surface area contributed by atoms with Gasteiger partial charge < -0.3 is 15.0 Å². The largest absolute Gasteiger partial charge is 0.449 e. The maximum atomic E-state index is 13.1. The lowest BCUT2D eigenvalue weighted by atomic mass is 9.89. The van der Waals surface area contributed by atoms with Crippen molar-refractivity contribution in [2.75, 3.05) is 32.8 Å². The molecule has 10 heteroatoms. The van der Waals surface area contributed by atoms with Crippen molar-refractivity contribution >= 4 is 22.0 Å². The summed E-state index contributed by atoms with van der Waals surface area (Å²) in [6.07, 6.45) is 1.48. The summed E-state index contributed by atoms with van der Waals surface area (Å²) in [7, 11) is -3.78. The number of hydrogen-bond acceptors (Lipinski definition) is 5. The van der Waals surface area contributed by atoms with Gasteiger partial charge in [0, 0.05) is 32.1 Å². The van der Waals surface area contributed by atoms with E-state index in [1.54, 1.807) is 4.90 Å². The summed E-state index contributed by atoms with van der Waals surface area (Å²) < 4.78 is 45.2. The van der Waals surface area contributed by atoms with Gasteiger partial charge in [0.15, 0.2) is 0 Å². The molecule has 3 fully saturated rings. The highest BCUT2D eigenvalue weighted by Gasteiger charge is 2.40. The van der Waals surface area contributed by atoms with Gasteiger partial charge >= 0.3 is 6.09 Å². The molecule has 3 saturated heterocycles. The Morgan fingerprint density at radius 2 is 1.90 bits per heavy atom. The molecule has 0 radical (unpaired) electrons. The summed E-state index contributed by atoms with van der Waals surface area (Å²) in [6.45, 7) is 1.80. The molecule has 0 bridgehead atoms. The van der Waals surface area contributed by atoms with E-state index in [4.69, 9.17) is 4.74 Å². The third kappa shape index (κ3) is 4.09. The number of carbonyl (C=O) groups is 2. The quantitative estimate of drug-likeness (QED) is 0.785. The molecular weight excluding hydrogens is 401 g/mol. The van der Waals surface area contributed by atoms with Gasteiger partial charge in [-0.1, -0.05) is 0 Å². The van der Waals surface area contributed by atoms with Crippen molar-refractivity contribution in [3.63, 3.8) is 0 Å². The second-order valence-electron chi connectivity index (χ2n) is 7.84. The SMILES string of the molecule is O=C1N[C@H]2CN(C(=O)[C@@H]3CCCN(S(=O)(=O)c4ccc(F)cc4)C3)CC[C@@H]2CO1. The fourth-order valence-corrected chi connectivity index (χ4v) is 5.84. The molecule has 0 saturated carbocycles. The highest BCUT2D eigenvalue weighted by molar-refractivity contribution is 7.89. The van der Waals surface area contributed by atoms with Gasteiger partial charge in [0.2, 0.25) is 15.9 Å². The maximum absolute atomic E-state index is 13.1. The van der Waals surface area contributed by atoms with Crippen LogP contribution in [0.15, 0.2) is 29.2 Å². The van der Waals surface area contributed by atoms with E-state index < -0.39 is 27.9 Å². The number of halogens is 1. The van der Waals surface area contributed by atoms with Gasteiger partial charge in [-0.3, -0.25) is 4.79 Å². The summed E-state index contributed by atoms with van der Waals surface area (Å²) in [5, 5.41) is 2.77. The molecule has 1 aromatic rings. The van der Waals surface area contributed by atoms with Gasteiger partial charge in [-0.2, -0.15) is 4.31 Å². The number of likely N-dealkylation sites (tertiary alicyclic amines) is 1. The molecule has 1 N–H and O–H groups in total. The highest BCUT2D eigenvalue weighted by Crippen LogP contribution is 2.28. The number of sulfonamides is 1. The lowest BCUT2D eigenvalue weighted by molar-refractivity contribution is -0.139. The van der Waals surface area contributed by atoms with Crippen LogP contribution >= 0.6 is 0 Å². The number of hydrogen-bond donors (Lipinski definition) is 1. The summed E-state index contributed by atoms with van der Waals surface area (Å²) in [6, 6.07) is 4.60. The number of carbonyl (C=O) groups excluding carboxylic acids is 2. The van der Waals surface area contributed by atoms with E-state index in [0.29, 0.717) is 39.1 Å². The number of cyclic esters (lactones) is 1. The first-order valence-electron chi connectivity index (χ1n) is 9.82. The molecule has 29 heavy (non-hydrogen) atoms. The van der Waals surface area contributed by atoms with Gasteiger partial charge in [-0.15, -0.1) is 0 Å². The monoisotopic (exact) mass is 425 g/mol. The second-order valence-corrected chi connectivity index (χ2v) is 9.78. The van der Waals surface area contributed by atoms with Crippen molar-refractivity contribution in [3.8, 4) is 0 Å². The molecule has 0 aliphatic carbocycles. The molecule has 1 aromatic carbocycles. The Bertz CT molecular complexity index is 892. The smallest absolute Gasteiger partial charge is 0.407 e. The summed E-state index contributed by atoms with van der Waals surface area (Å²) >= 11 is 0. The number of alkyl carbamates (subject to hydrolysis) is 1. The molecule has 3 atom stereocenters. The van der Waals surface area contributed by atoms with Crippen molar-refractivity contribution in [3.05, 3.63) is 30.1 Å². The molecule has 0 aromatic heterocycles. The molecule has 4 rings (SSSR count). The number of rotatable bonds is 3. The van der Waals surface area contributed by atoms with Crippen LogP contribution in [0.5, 0.6) is 0 Å². The Kier molecular flexibility index (Phi) is 5.48. The topological polar surface area (TPSA) is 96.0 Å². The zero-order chi connectivity index (χ0) is 20.6. The molecule has 158 valence electrons. The first-order chi connectivity index (χ1) is 13.8. The van der Waals surface area contributed by atoms with E-state index in [0.717, 1.165) is 18.6 Å². The van der Waals surface area contributed by atoms with Crippen LogP contribution in [0.4, 0.5) is 9.18 Å². The minimum absolute atomic E-state index is 0.0257. The van der Waals surface area contributed by atoms with Crippen molar-refractivity contribution < 1.29 is 27.1 Å². The number of piperidine rings is 2. The van der Waals surface area contributed by atoms with E-state index in [-0.39, 0.29) is 29.3 Å². The fourth-order valence-electron chi connectivity index (χ4n) is 4.32. The second kappa shape index (κ2) is 7.91. The van der Waals surface area contributed by atoms with Crippen molar-refractivity contribution in [2.45, 2.75) is 30.2 Å². The summed E-state index contributed by atoms with van der Waals surface area (Å²) in [5.41, 5.74) is 0. The van der Waals surface area contributed by atoms with Crippen LogP contribution in [-0.2, 0) is 19.6 Å². The first-order valence-corrected chi connectivity index (χ1v) is 11.3. The Hall–Kier alpha value is -2.20. The predicted molar refractivity (Wildman–Crippen MR) is 101 cm³/mol. The lowest BCUT2D eigenvalue weighted by Gasteiger charge is -2.42. The van der Waals surface area contributed by atoms with Crippen LogP contribution < -0.4 is 5.32 Å². The predicted octanol–water partition coefficient (Wildman–Crippen LogP) is 1.18. The van der Waals surface area contributed by atoms with Crippen molar-refractivity contribution in [1.82, 2.24) is 14.5 Å².